The van der Waals surface area contributed by atoms with E-state index in [1.165, 1.54) is 11.3 Å². The van der Waals surface area contributed by atoms with Crippen molar-refractivity contribution in [3.8, 4) is 11.8 Å². The summed E-state index contributed by atoms with van der Waals surface area (Å²) in [6.45, 7) is 2.54. The van der Waals surface area contributed by atoms with Crippen LogP contribution < -0.4 is 10.2 Å². The molecule has 0 aliphatic carbocycles. The number of thiazole rings is 1. The largest absolute Gasteiger partial charge is 0.489 e. The molecule has 0 aliphatic rings. The third-order valence-electron chi connectivity index (χ3n) is 3.90. The highest BCUT2D eigenvalue weighted by atomic mass is 32.1. The van der Waals surface area contributed by atoms with Crippen molar-refractivity contribution in [1.82, 2.24) is 4.98 Å². The molecule has 0 unspecified atom stereocenters. The maximum Gasteiger partial charge on any atom is 0.311 e. The minimum atomic E-state index is -0.296. The molecule has 0 amide bonds. The number of benzene rings is 2. The fourth-order valence-corrected chi connectivity index (χ4v) is 3.15. The number of rotatable bonds is 9. The number of hydrogen-bond donors (Lipinski definition) is 1. The number of nitrogens with zero attached hydrogens (tertiary/aromatic N) is 3. The number of carbonyl (C=O) groups excluding carboxylic acids is 1. The van der Waals surface area contributed by atoms with Crippen molar-refractivity contribution in [3.63, 3.8) is 0 Å². The summed E-state index contributed by atoms with van der Waals surface area (Å²) in [5.74, 6) is 0.421. The van der Waals surface area contributed by atoms with Crippen LogP contribution in [-0.2, 0) is 22.6 Å². The molecule has 1 aromatic heterocycles. The van der Waals surface area contributed by atoms with Gasteiger partial charge in [-0.15, -0.1) is 11.3 Å². The van der Waals surface area contributed by atoms with Gasteiger partial charge in [0.25, 0.3) is 0 Å². The molecule has 0 saturated carbocycles. The van der Waals surface area contributed by atoms with Gasteiger partial charge in [-0.05, 0) is 42.3 Å². The third-order valence-corrected chi connectivity index (χ3v) is 4.70. The van der Waals surface area contributed by atoms with Gasteiger partial charge in [0.15, 0.2) is 0 Å². The van der Waals surface area contributed by atoms with E-state index in [0.29, 0.717) is 35.4 Å². The van der Waals surface area contributed by atoms with Crippen molar-refractivity contribution in [3.05, 3.63) is 76.3 Å². The maximum atomic E-state index is 11.5. The van der Waals surface area contributed by atoms with Crippen LogP contribution >= 0.6 is 11.3 Å². The van der Waals surface area contributed by atoms with Crippen LogP contribution in [0.2, 0.25) is 0 Å². The summed E-state index contributed by atoms with van der Waals surface area (Å²) in [4.78, 5) is 15.8. The van der Waals surface area contributed by atoms with Crippen LogP contribution in [0.25, 0.3) is 0 Å². The Kier molecular flexibility index (Phi) is 7.52. The van der Waals surface area contributed by atoms with Gasteiger partial charge in [-0.1, -0.05) is 24.3 Å². The second-order valence-electron chi connectivity index (χ2n) is 6.17. The van der Waals surface area contributed by atoms with E-state index in [9.17, 15) is 4.79 Å². The van der Waals surface area contributed by atoms with Crippen molar-refractivity contribution in [1.29, 1.82) is 5.26 Å². The second kappa shape index (κ2) is 10.7. The van der Waals surface area contributed by atoms with E-state index < -0.39 is 0 Å². The number of ether oxygens (including phenoxy) is 2. The predicted octanol–water partition coefficient (Wildman–Crippen LogP) is 4.15. The highest BCUT2D eigenvalue weighted by Gasteiger charge is 2.07. The Hall–Kier alpha value is -3.70. The maximum absolute atomic E-state index is 11.5. The second-order valence-corrected chi connectivity index (χ2v) is 7.02. The molecule has 2 aromatic carbocycles. The molecule has 3 rings (SSSR count). The Bertz CT molecular complexity index is 1050. The van der Waals surface area contributed by atoms with E-state index >= 15 is 0 Å². The summed E-state index contributed by atoms with van der Waals surface area (Å²) >= 11 is 1.37. The minimum Gasteiger partial charge on any atom is -0.489 e. The molecule has 0 atom stereocenters. The summed E-state index contributed by atoms with van der Waals surface area (Å²) < 4.78 is 10.7. The van der Waals surface area contributed by atoms with Gasteiger partial charge >= 0.3 is 5.97 Å². The molecule has 152 valence electrons. The van der Waals surface area contributed by atoms with E-state index in [4.69, 9.17) is 14.7 Å². The Morgan fingerprint density at radius 3 is 2.90 bits per heavy atom. The SMILES string of the molecule is CCOC(=O)Cc1csc(NN=Cc2cccc(OCc3ccc(C#N)cc3)c2)n1. The predicted molar refractivity (Wildman–Crippen MR) is 116 cm³/mol. The minimum absolute atomic E-state index is 0.147. The van der Waals surface area contributed by atoms with Crippen molar-refractivity contribution in [2.24, 2.45) is 5.10 Å². The average molecular weight is 420 g/mol. The standard InChI is InChI=1S/C22H20N4O3S/c1-2-28-21(27)11-19-15-30-22(25-19)26-24-13-18-4-3-5-20(10-18)29-14-17-8-6-16(12-23)7-9-17/h3-10,13,15H,2,11,14H2,1H3,(H,25,26). The molecule has 3 aromatic rings. The number of hydrazone groups is 1. The summed E-state index contributed by atoms with van der Waals surface area (Å²) in [7, 11) is 0. The molecule has 0 radical (unpaired) electrons. The fourth-order valence-electron chi connectivity index (χ4n) is 2.49. The first-order valence-electron chi connectivity index (χ1n) is 9.27. The van der Waals surface area contributed by atoms with Crippen LogP contribution in [0.5, 0.6) is 5.75 Å². The topological polar surface area (TPSA) is 96.6 Å². The Balaban J connectivity index is 1.52. The zero-order chi connectivity index (χ0) is 21.2. The molecule has 1 N–H and O–H groups in total. The number of nitriles is 1. The lowest BCUT2D eigenvalue weighted by molar-refractivity contribution is -0.142. The van der Waals surface area contributed by atoms with Gasteiger partial charge < -0.3 is 9.47 Å². The van der Waals surface area contributed by atoms with E-state index in [1.54, 1.807) is 30.7 Å². The molecule has 0 fully saturated rings. The average Bonchev–Trinajstić information content (AvgIpc) is 3.20. The zero-order valence-electron chi connectivity index (χ0n) is 16.4. The molecule has 0 bridgehead atoms. The van der Waals surface area contributed by atoms with Crippen LogP contribution in [0, 0.1) is 11.3 Å². The molecular weight excluding hydrogens is 400 g/mol. The number of esters is 1. The normalized spacial score (nSPS) is 10.5. The van der Waals surface area contributed by atoms with Crippen molar-refractivity contribution < 1.29 is 14.3 Å². The number of carbonyl (C=O) groups is 1. The first-order chi connectivity index (χ1) is 14.7. The Labute approximate surface area is 178 Å². The van der Waals surface area contributed by atoms with Gasteiger partial charge in [0.2, 0.25) is 5.13 Å². The van der Waals surface area contributed by atoms with E-state index in [1.807, 2.05) is 36.4 Å². The molecule has 1 heterocycles. The van der Waals surface area contributed by atoms with Crippen LogP contribution in [0.4, 0.5) is 5.13 Å². The number of aromatic nitrogens is 1. The molecular formula is C22H20N4O3S. The highest BCUT2D eigenvalue weighted by Crippen LogP contribution is 2.17. The summed E-state index contributed by atoms with van der Waals surface area (Å²) in [5.41, 5.74) is 5.98. The monoisotopic (exact) mass is 420 g/mol. The molecule has 0 aliphatic heterocycles. The van der Waals surface area contributed by atoms with Gasteiger partial charge in [0.1, 0.15) is 12.4 Å². The number of nitrogens with one attached hydrogen (secondary N) is 1. The number of anilines is 1. The van der Waals surface area contributed by atoms with Crippen molar-refractivity contribution in [2.45, 2.75) is 20.0 Å². The molecule has 8 heteroatoms. The quantitative estimate of drug-likeness (QED) is 0.317. The summed E-state index contributed by atoms with van der Waals surface area (Å²) in [6.07, 6.45) is 1.81. The van der Waals surface area contributed by atoms with Gasteiger partial charge in [-0.25, -0.2) is 4.98 Å². The van der Waals surface area contributed by atoms with Gasteiger partial charge in [-0.3, -0.25) is 10.2 Å². The van der Waals surface area contributed by atoms with E-state index in [-0.39, 0.29) is 12.4 Å². The first kappa shape index (κ1) is 21.0. The van der Waals surface area contributed by atoms with Gasteiger partial charge in [0, 0.05) is 5.38 Å². The Morgan fingerprint density at radius 2 is 2.13 bits per heavy atom. The Morgan fingerprint density at radius 1 is 1.30 bits per heavy atom. The molecule has 0 spiro atoms. The van der Waals surface area contributed by atoms with Crippen LogP contribution in [-0.4, -0.2) is 23.8 Å². The summed E-state index contributed by atoms with van der Waals surface area (Å²) in [5, 5.41) is 15.4. The van der Waals surface area contributed by atoms with E-state index in [2.05, 4.69) is 21.6 Å². The van der Waals surface area contributed by atoms with Crippen molar-refractivity contribution in [2.75, 3.05) is 12.0 Å². The summed E-state index contributed by atoms with van der Waals surface area (Å²) in [6, 6.07) is 16.9. The lowest BCUT2D eigenvalue weighted by atomic mass is 10.1. The van der Waals surface area contributed by atoms with Crippen molar-refractivity contribution >= 4 is 28.7 Å². The molecule has 30 heavy (non-hydrogen) atoms. The molecule has 0 saturated heterocycles. The van der Waals surface area contributed by atoms with Crippen LogP contribution in [0.1, 0.15) is 29.3 Å². The van der Waals surface area contributed by atoms with Gasteiger partial charge in [0.05, 0.1) is 36.6 Å². The van der Waals surface area contributed by atoms with E-state index in [0.717, 1.165) is 11.1 Å². The lowest BCUT2D eigenvalue weighted by Gasteiger charge is -2.07. The van der Waals surface area contributed by atoms with Crippen LogP contribution in [0.3, 0.4) is 0 Å². The number of hydrogen-bond acceptors (Lipinski definition) is 8. The van der Waals surface area contributed by atoms with Crippen LogP contribution in [0.15, 0.2) is 59.0 Å². The smallest absolute Gasteiger partial charge is 0.311 e. The lowest BCUT2D eigenvalue weighted by Crippen LogP contribution is -2.07. The third kappa shape index (κ3) is 6.43. The molecule has 7 nitrogen and oxygen atoms in total. The fraction of sp³-hybridized carbons (Fsp3) is 0.182. The zero-order valence-corrected chi connectivity index (χ0v) is 17.2. The van der Waals surface area contributed by atoms with Gasteiger partial charge in [-0.2, -0.15) is 10.4 Å². The first-order valence-corrected chi connectivity index (χ1v) is 10.1. The highest BCUT2D eigenvalue weighted by molar-refractivity contribution is 7.13.